The Morgan fingerprint density at radius 1 is 1.09 bits per heavy atom. The number of benzene rings is 2. The number of hydrogen-bond donors (Lipinski definition) is 0. The first-order valence-electron chi connectivity index (χ1n) is 7.85. The summed E-state index contributed by atoms with van der Waals surface area (Å²) in [5, 5.41) is 0. The highest BCUT2D eigenvalue weighted by Gasteiger charge is 2.62. The SMILES string of the molecule is Cc1ccc(S(=O)c2ccccc2[C@@H]2O[C@@]2(C)C2CC2)cc1. The standard InChI is InChI=1S/C19H20O2S/c1-13-7-11-15(12-8-13)22(20)17-6-4-3-5-16(17)18-19(2,21-18)14-9-10-14/h3-8,11-12,14,18H,9-10H2,1-2H3/t18-,19-,22?/m0/s1. The number of hydrogen-bond acceptors (Lipinski definition) is 2. The van der Waals surface area contributed by atoms with Crippen LogP contribution in [0, 0.1) is 12.8 Å². The molecule has 2 aliphatic rings. The van der Waals surface area contributed by atoms with Crippen LogP contribution in [0.4, 0.5) is 0 Å². The molecule has 0 N–H and O–H groups in total. The quantitative estimate of drug-likeness (QED) is 0.783. The van der Waals surface area contributed by atoms with Gasteiger partial charge in [-0.05, 0) is 50.8 Å². The van der Waals surface area contributed by atoms with Crippen molar-refractivity contribution in [2.24, 2.45) is 5.92 Å². The van der Waals surface area contributed by atoms with Gasteiger partial charge in [0.05, 0.1) is 16.4 Å². The highest BCUT2D eigenvalue weighted by atomic mass is 32.2. The average Bonchev–Trinajstić information content (AvgIpc) is 3.42. The van der Waals surface area contributed by atoms with Gasteiger partial charge in [0, 0.05) is 15.4 Å². The molecule has 22 heavy (non-hydrogen) atoms. The predicted octanol–water partition coefficient (Wildman–Crippen LogP) is 4.40. The fourth-order valence-electron chi connectivity index (χ4n) is 3.21. The molecule has 1 saturated heterocycles. The maximum atomic E-state index is 13.0. The summed E-state index contributed by atoms with van der Waals surface area (Å²) in [4.78, 5) is 1.74. The van der Waals surface area contributed by atoms with Crippen molar-refractivity contribution >= 4 is 10.8 Å². The second-order valence-corrected chi connectivity index (χ2v) is 8.02. The van der Waals surface area contributed by atoms with Crippen LogP contribution < -0.4 is 0 Å². The van der Waals surface area contributed by atoms with Gasteiger partial charge in [0.2, 0.25) is 0 Å². The van der Waals surface area contributed by atoms with Gasteiger partial charge < -0.3 is 4.74 Å². The Bertz CT molecular complexity index is 733. The zero-order chi connectivity index (χ0) is 15.3. The van der Waals surface area contributed by atoms with Crippen LogP contribution in [0.2, 0.25) is 0 Å². The first-order valence-corrected chi connectivity index (χ1v) is 9.00. The van der Waals surface area contributed by atoms with E-state index in [0.717, 1.165) is 15.4 Å². The minimum Gasteiger partial charge on any atom is -0.361 e. The molecular formula is C19H20O2S. The van der Waals surface area contributed by atoms with Crippen molar-refractivity contribution in [3.8, 4) is 0 Å². The van der Waals surface area contributed by atoms with E-state index in [1.807, 2.05) is 49.4 Å². The summed E-state index contributed by atoms with van der Waals surface area (Å²) in [5.41, 5.74) is 2.24. The van der Waals surface area contributed by atoms with Gasteiger partial charge in [-0.25, -0.2) is 4.21 Å². The van der Waals surface area contributed by atoms with E-state index in [2.05, 4.69) is 13.0 Å². The molecule has 0 radical (unpaired) electrons. The molecule has 0 spiro atoms. The third kappa shape index (κ3) is 2.33. The van der Waals surface area contributed by atoms with Crippen molar-refractivity contribution in [3.05, 3.63) is 59.7 Å². The van der Waals surface area contributed by atoms with Crippen LogP contribution in [-0.2, 0) is 15.5 Å². The smallest absolute Gasteiger partial charge is 0.114 e. The van der Waals surface area contributed by atoms with Gasteiger partial charge >= 0.3 is 0 Å². The normalized spacial score (nSPS) is 28.4. The second-order valence-electron chi connectivity index (χ2n) is 6.58. The van der Waals surface area contributed by atoms with Gasteiger partial charge in [-0.2, -0.15) is 0 Å². The third-order valence-electron chi connectivity index (χ3n) is 4.86. The molecule has 0 aromatic heterocycles. The molecular weight excluding hydrogens is 292 g/mol. The van der Waals surface area contributed by atoms with Crippen molar-refractivity contribution in [2.45, 2.75) is 48.2 Å². The van der Waals surface area contributed by atoms with Crippen molar-refractivity contribution < 1.29 is 8.95 Å². The molecule has 2 aromatic rings. The summed E-state index contributed by atoms with van der Waals surface area (Å²) in [6.45, 7) is 4.24. The van der Waals surface area contributed by atoms with Crippen LogP contribution in [0.3, 0.4) is 0 Å². The van der Waals surface area contributed by atoms with Crippen LogP contribution in [-0.4, -0.2) is 9.81 Å². The summed E-state index contributed by atoms with van der Waals surface area (Å²) in [6, 6.07) is 15.9. The van der Waals surface area contributed by atoms with Gasteiger partial charge in [-0.15, -0.1) is 0 Å². The van der Waals surface area contributed by atoms with Gasteiger partial charge in [-0.1, -0.05) is 35.9 Å². The molecule has 1 aliphatic carbocycles. The maximum absolute atomic E-state index is 13.0. The molecule has 3 atom stereocenters. The Labute approximate surface area is 134 Å². The molecule has 2 nitrogen and oxygen atoms in total. The van der Waals surface area contributed by atoms with Crippen molar-refractivity contribution in [1.29, 1.82) is 0 Å². The number of epoxide rings is 1. The van der Waals surface area contributed by atoms with Gasteiger partial charge in [-0.3, -0.25) is 0 Å². The molecule has 4 rings (SSSR count). The number of aryl methyl sites for hydroxylation is 1. The van der Waals surface area contributed by atoms with E-state index in [4.69, 9.17) is 4.74 Å². The van der Waals surface area contributed by atoms with Crippen LogP contribution in [0.5, 0.6) is 0 Å². The summed E-state index contributed by atoms with van der Waals surface area (Å²) in [5.74, 6) is 0.679. The fraction of sp³-hybridized carbons (Fsp3) is 0.368. The van der Waals surface area contributed by atoms with E-state index in [-0.39, 0.29) is 11.7 Å². The molecule has 2 fully saturated rings. The molecule has 0 amide bonds. The third-order valence-corrected chi connectivity index (χ3v) is 6.33. The highest BCUT2D eigenvalue weighted by Crippen LogP contribution is 2.62. The van der Waals surface area contributed by atoms with Crippen molar-refractivity contribution in [2.75, 3.05) is 0 Å². The summed E-state index contributed by atoms with van der Waals surface area (Å²) >= 11 is 0. The summed E-state index contributed by atoms with van der Waals surface area (Å²) in [7, 11) is -1.15. The van der Waals surface area contributed by atoms with Crippen molar-refractivity contribution in [1.82, 2.24) is 0 Å². The van der Waals surface area contributed by atoms with E-state index in [1.54, 1.807) is 0 Å². The van der Waals surface area contributed by atoms with E-state index < -0.39 is 10.8 Å². The predicted molar refractivity (Wildman–Crippen MR) is 87.3 cm³/mol. The molecule has 1 aliphatic heterocycles. The zero-order valence-electron chi connectivity index (χ0n) is 12.9. The molecule has 1 heterocycles. The Hall–Kier alpha value is -1.45. The highest BCUT2D eigenvalue weighted by molar-refractivity contribution is 7.85. The topological polar surface area (TPSA) is 29.6 Å². The van der Waals surface area contributed by atoms with Crippen LogP contribution >= 0.6 is 0 Å². The van der Waals surface area contributed by atoms with Crippen LogP contribution in [0.1, 0.15) is 37.0 Å². The fourth-order valence-corrected chi connectivity index (χ4v) is 4.44. The van der Waals surface area contributed by atoms with E-state index in [1.165, 1.54) is 18.4 Å². The van der Waals surface area contributed by atoms with Gasteiger partial charge in [0.25, 0.3) is 0 Å². The molecule has 0 bridgehead atoms. The first kappa shape index (κ1) is 14.2. The number of ether oxygens (including phenoxy) is 1. The lowest BCUT2D eigenvalue weighted by Crippen LogP contribution is -2.10. The molecule has 1 saturated carbocycles. The summed E-state index contributed by atoms with van der Waals surface area (Å²) in [6.07, 6.45) is 2.62. The lowest BCUT2D eigenvalue weighted by atomic mass is 9.97. The molecule has 3 heteroatoms. The van der Waals surface area contributed by atoms with Crippen LogP contribution in [0.25, 0.3) is 0 Å². The van der Waals surface area contributed by atoms with Crippen molar-refractivity contribution in [3.63, 3.8) is 0 Å². The largest absolute Gasteiger partial charge is 0.361 e. The molecule has 1 unspecified atom stereocenters. The van der Waals surface area contributed by atoms with E-state index >= 15 is 0 Å². The zero-order valence-corrected chi connectivity index (χ0v) is 13.7. The molecule has 2 aromatic carbocycles. The maximum Gasteiger partial charge on any atom is 0.114 e. The minimum absolute atomic E-state index is 0.0341. The van der Waals surface area contributed by atoms with E-state index in [0.29, 0.717) is 5.92 Å². The lowest BCUT2D eigenvalue weighted by molar-refractivity contribution is 0.285. The van der Waals surface area contributed by atoms with Gasteiger partial charge in [0.1, 0.15) is 6.10 Å². The number of rotatable bonds is 4. The Morgan fingerprint density at radius 3 is 2.45 bits per heavy atom. The lowest BCUT2D eigenvalue weighted by Gasteiger charge is -2.10. The Morgan fingerprint density at radius 2 is 1.77 bits per heavy atom. The second kappa shape index (κ2) is 5.04. The van der Waals surface area contributed by atoms with Crippen LogP contribution in [0.15, 0.2) is 58.3 Å². The Balaban J connectivity index is 1.68. The summed E-state index contributed by atoms with van der Waals surface area (Å²) < 4.78 is 19.0. The van der Waals surface area contributed by atoms with E-state index in [9.17, 15) is 4.21 Å². The minimum atomic E-state index is -1.15. The monoisotopic (exact) mass is 312 g/mol. The first-order chi connectivity index (χ1) is 10.6. The van der Waals surface area contributed by atoms with Gasteiger partial charge in [0.15, 0.2) is 0 Å². The average molecular weight is 312 g/mol. The Kier molecular flexibility index (Phi) is 3.24. The molecule has 114 valence electrons.